The maximum Gasteiger partial charge on any atom is 0.260 e. The summed E-state index contributed by atoms with van der Waals surface area (Å²) in [5.74, 6) is -0.597. The van der Waals surface area contributed by atoms with Crippen LogP contribution < -0.4 is 4.74 Å². The first-order valence-electron chi connectivity index (χ1n) is 7.00. The predicted molar refractivity (Wildman–Crippen MR) is 72.9 cm³/mol. The molecule has 0 saturated carbocycles. The molecule has 1 aromatic rings. The maximum atomic E-state index is 13.4. The first kappa shape index (κ1) is 14.8. The molecule has 1 atom stereocenters. The average Bonchev–Trinajstić information content (AvgIpc) is 2.71. The Hall–Kier alpha value is -1.62. The number of likely N-dealkylation sites (tertiary alicyclic amines) is 1. The van der Waals surface area contributed by atoms with E-state index in [1.807, 2.05) is 0 Å². The summed E-state index contributed by atoms with van der Waals surface area (Å²) in [6.45, 7) is 0.396. The van der Waals surface area contributed by atoms with Gasteiger partial charge in [-0.05, 0) is 25.0 Å². The number of ether oxygens (including phenoxy) is 1. The van der Waals surface area contributed by atoms with Crippen molar-refractivity contribution in [2.24, 2.45) is 0 Å². The second-order valence-corrected chi connectivity index (χ2v) is 4.99. The molecule has 1 amide bonds. The van der Waals surface area contributed by atoms with E-state index in [0.29, 0.717) is 6.54 Å². The molecule has 4 nitrogen and oxygen atoms in total. The third-order valence-electron chi connectivity index (χ3n) is 3.60. The Bertz CT molecular complexity index is 452. The molecular formula is C15H20FNO3. The summed E-state index contributed by atoms with van der Waals surface area (Å²) in [7, 11) is 0. The summed E-state index contributed by atoms with van der Waals surface area (Å²) < 4.78 is 18.6. The fourth-order valence-corrected chi connectivity index (χ4v) is 2.48. The van der Waals surface area contributed by atoms with Gasteiger partial charge in [-0.15, -0.1) is 0 Å². The standard InChI is InChI=1S/C15H20FNO3/c16-13-7-3-4-8-14(13)20-11-15(19)17-9-5-1-2-6-12(17)10-18/h3-4,7-8,12,18H,1-2,5-6,9-11H2. The second-order valence-electron chi connectivity index (χ2n) is 4.99. The van der Waals surface area contributed by atoms with Gasteiger partial charge < -0.3 is 14.7 Å². The van der Waals surface area contributed by atoms with E-state index in [1.165, 1.54) is 12.1 Å². The van der Waals surface area contributed by atoms with E-state index in [0.717, 1.165) is 25.7 Å². The van der Waals surface area contributed by atoms with Crippen LogP contribution >= 0.6 is 0 Å². The van der Waals surface area contributed by atoms with Crippen molar-refractivity contribution in [1.82, 2.24) is 4.90 Å². The lowest BCUT2D eigenvalue weighted by Crippen LogP contribution is -2.44. The SMILES string of the molecule is O=C(COc1ccccc1F)N1CCCCCC1CO. The fourth-order valence-electron chi connectivity index (χ4n) is 2.48. The molecule has 1 heterocycles. The van der Waals surface area contributed by atoms with Gasteiger partial charge in [0.1, 0.15) is 0 Å². The van der Waals surface area contributed by atoms with Gasteiger partial charge >= 0.3 is 0 Å². The lowest BCUT2D eigenvalue weighted by molar-refractivity contribution is -0.136. The van der Waals surface area contributed by atoms with E-state index >= 15 is 0 Å². The molecule has 20 heavy (non-hydrogen) atoms. The quantitative estimate of drug-likeness (QED) is 0.918. The van der Waals surface area contributed by atoms with Crippen LogP contribution in [-0.2, 0) is 4.79 Å². The maximum absolute atomic E-state index is 13.4. The molecule has 1 unspecified atom stereocenters. The van der Waals surface area contributed by atoms with Crippen LogP contribution in [0, 0.1) is 5.82 Å². The Labute approximate surface area is 118 Å². The monoisotopic (exact) mass is 281 g/mol. The minimum Gasteiger partial charge on any atom is -0.481 e. The Morgan fingerprint density at radius 1 is 1.35 bits per heavy atom. The van der Waals surface area contributed by atoms with Crippen molar-refractivity contribution in [2.75, 3.05) is 19.8 Å². The van der Waals surface area contributed by atoms with Crippen LogP contribution in [0.4, 0.5) is 4.39 Å². The molecule has 1 aliphatic heterocycles. The summed E-state index contributed by atoms with van der Waals surface area (Å²) in [6.07, 6.45) is 3.82. The molecule has 110 valence electrons. The number of carbonyl (C=O) groups excluding carboxylic acids is 1. The number of hydrogen-bond donors (Lipinski definition) is 1. The number of aliphatic hydroxyl groups excluding tert-OH is 1. The van der Waals surface area contributed by atoms with Crippen LogP contribution in [0.5, 0.6) is 5.75 Å². The van der Waals surface area contributed by atoms with Crippen molar-refractivity contribution in [2.45, 2.75) is 31.7 Å². The van der Waals surface area contributed by atoms with E-state index in [2.05, 4.69) is 0 Å². The smallest absolute Gasteiger partial charge is 0.260 e. The molecule has 0 aromatic heterocycles. The number of carbonyl (C=O) groups is 1. The van der Waals surface area contributed by atoms with Crippen molar-refractivity contribution in [3.8, 4) is 5.75 Å². The molecule has 1 N–H and O–H groups in total. The van der Waals surface area contributed by atoms with Crippen molar-refractivity contribution in [1.29, 1.82) is 0 Å². The molecule has 0 aliphatic carbocycles. The molecule has 0 bridgehead atoms. The highest BCUT2D eigenvalue weighted by Gasteiger charge is 2.25. The largest absolute Gasteiger partial charge is 0.481 e. The van der Waals surface area contributed by atoms with Crippen molar-refractivity contribution in [3.05, 3.63) is 30.1 Å². The number of nitrogens with zero attached hydrogens (tertiary/aromatic N) is 1. The van der Waals surface area contributed by atoms with Crippen LogP contribution in [-0.4, -0.2) is 41.7 Å². The van der Waals surface area contributed by atoms with Crippen LogP contribution in [0.25, 0.3) is 0 Å². The molecule has 0 radical (unpaired) electrons. The molecular weight excluding hydrogens is 261 g/mol. The third kappa shape index (κ3) is 3.70. The van der Waals surface area contributed by atoms with Gasteiger partial charge in [0.2, 0.25) is 0 Å². The van der Waals surface area contributed by atoms with Crippen LogP contribution in [0.3, 0.4) is 0 Å². The average molecular weight is 281 g/mol. The number of amides is 1. The van der Waals surface area contributed by atoms with Crippen LogP contribution in [0.15, 0.2) is 24.3 Å². The predicted octanol–water partition coefficient (Wildman–Crippen LogP) is 1.97. The Kier molecular flexibility index (Phi) is 5.35. The van der Waals surface area contributed by atoms with Gasteiger partial charge in [-0.1, -0.05) is 25.0 Å². The lowest BCUT2D eigenvalue weighted by atomic mass is 10.1. The van der Waals surface area contributed by atoms with Gasteiger partial charge in [0, 0.05) is 6.54 Å². The van der Waals surface area contributed by atoms with E-state index in [9.17, 15) is 14.3 Å². The van der Waals surface area contributed by atoms with Gasteiger partial charge in [0.25, 0.3) is 5.91 Å². The van der Waals surface area contributed by atoms with Crippen LogP contribution in [0.2, 0.25) is 0 Å². The van der Waals surface area contributed by atoms with Crippen molar-refractivity contribution in [3.63, 3.8) is 0 Å². The fraction of sp³-hybridized carbons (Fsp3) is 0.533. The highest BCUT2D eigenvalue weighted by atomic mass is 19.1. The van der Waals surface area contributed by atoms with E-state index in [-0.39, 0.29) is 30.9 Å². The van der Waals surface area contributed by atoms with Crippen molar-refractivity contribution < 1.29 is 19.0 Å². The number of rotatable bonds is 4. The van der Waals surface area contributed by atoms with Gasteiger partial charge in [-0.3, -0.25) is 4.79 Å². The van der Waals surface area contributed by atoms with Gasteiger partial charge in [0.05, 0.1) is 12.6 Å². The van der Waals surface area contributed by atoms with Gasteiger partial charge in [-0.2, -0.15) is 0 Å². The minimum absolute atomic E-state index is 0.0363. The zero-order valence-electron chi connectivity index (χ0n) is 11.4. The van der Waals surface area contributed by atoms with Crippen LogP contribution in [0.1, 0.15) is 25.7 Å². The highest BCUT2D eigenvalue weighted by molar-refractivity contribution is 5.78. The van der Waals surface area contributed by atoms with Crippen molar-refractivity contribution >= 4 is 5.91 Å². The molecule has 1 fully saturated rings. The molecule has 0 spiro atoms. The molecule has 1 saturated heterocycles. The first-order valence-corrected chi connectivity index (χ1v) is 7.00. The van der Waals surface area contributed by atoms with E-state index in [1.54, 1.807) is 17.0 Å². The number of halogens is 1. The Morgan fingerprint density at radius 3 is 2.90 bits per heavy atom. The zero-order chi connectivity index (χ0) is 14.4. The van der Waals surface area contributed by atoms with E-state index in [4.69, 9.17) is 4.74 Å². The normalized spacial score (nSPS) is 19.5. The summed E-state index contributed by atoms with van der Waals surface area (Å²) in [4.78, 5) is 13.8. The molecule has 1 aromatic carbocycles. The third-order valence-corrected chi connectivity index (χ3v) is 3.60. The number of aliphatic hydroxyl groups is 1. The Morgan fingerprint density at radius 2 is 2.15 bits per heavy atom. The molecule has 2 rings (SSSR count). The summed E-state index contributed by atoms with van der Waals surface area (Å²) in [6, 6.07) is 5.87. The molecule has 5 heteroatoms. The molecule has 1 aliphatic rings. The number of para-hydroxylation sites is 1. The Balaban J connectivity index is 1.94. The first-order chi connectivity index (χ1) is 9.72. The topological polar surface area (TPSA) is 49.8 Å². The summed E-state index contributed by atoms with van der Waals surface area (Å²) >= 11 is 0. The highest BCUT2D eigenvalue weighted by Crippen LogP contribution is 2.18. The summed E-state index contributed by atoms with van der Waals surface area (Å²) in [5, 5.41) is 9.37. The zero-order valence-corrected chi connectivity index (χ0v) is 11.4. The second kappa shape index (κ2) is 7.24. The van der Waals surface area contributed by atoms with E-state index < -0.39 is 5.82 Å². The van der Waals surface area contributed by atoms with Gasteiger partial charge in [0.15, 0.2) is 18.2 Å². The van der Waals surface area contributed by atoms with Gasteiger partial charge in [-0.25, -0.2) is 4.39 Å². The number of benzene rings is 1. The lowest BCUT2D eigenvalue weighted by Gasteiger charge is -2.28. The number of hydrogen-bond acceptors (Lipinski definition) is 3. The summed E-state index contributed by atoms with van der Waals surface area (Å²) in [5.41, 5.74) is 0. The minimum atomic E-state index is -0.477.